The summed E-state index contributed by atoms with van der Waals surface area (Å²) < 4.78 is 12.1. The number of thioether (sulfide) groups is 1. The van der Waals surface area contributed by atoms with E-state index < -0.39 is 6.67 Å². The number of pyridine rings is 1. The Balaban J connectivity index is 2.77. The third-order valence-electron chi connectivity index (χ3n) is 1.81. The van der Waals surface area contributed by atoms with Gasteiger partial charge in [-0.25, -0.2) is 4.39 Å². The van der Waals surface area contributed by atoms with E-state index in [2.05, 4.69) is 11.9 Å². The first-order valence-electron chi connectivity index (χ1n) is 3.81. The van der Waals surface area contributed by atoms with E-state index in [4.69, 9.17) is 0 Å². The van der Waals surface area contributed by atoms with Gasteiger partial charge in [0, 0.05) is 11.4 Å². The van der Waals surface area contributed by atoms with E-state index >= 15 is 0 Å². The van der Waals surface area contributed by atoms with Crippen molar-refractivity contribution in [3.63, 3.8) is 0 Å². The average Bonchev–Trinajstić information content (AvgIpc) is 2.17. The lowest BCUT2D eigenvalue weighted by molar-refractivity contribution is 0.476. The summed E-state index contributed by atoms with van der Waals surface area (Å²) in [6.07, 6.45) is 3.80. The van der Waals surface area contributed by atoms with Gasteiger partial charge in [-0.3, -0.25) is 4.98 Å². The van der Waals surface area contributed by atoms with Gasteiger partial charge in [0.1, 0.15) is 6.67 Å². The van der Waals surface area contributed by atoms with Gasteiger partial charge in [-0.2, -0.15) is 11.8 Å². The van der Waals surface area contributed by atoms with Crippen molar-refractivity contribution in [1.29, 1.82) is 0 Å². The zero-order chi connectivity index (χ0) is 8.97. The molecule has 1 aromatic rings. The summed E-state index contributed by atoms with van der Waals surface area (Å²) in [5.41, 5.74) is 1.66. The van der Waals surface area contributed by atoms with Crippen LogP contribution in [0.5, 0.6) is 0 Å². The van der Waals surface area contributed by atoms with E-state index in [9.17, 15) is 4.39 Å². The van der Waals surface area contributed by atoms with Gasteiger partial charge < -0.3 is 0 Å². The molecule has 66 valence electrons. The molecule has 1 rings (SSSR count). The monoisotopic (exact) mass is 185 g/mol. The molecular weight excluding hydrogens is 173 g/mol. The molecule has 1 heterocycles. The molecule has 3 heteroatoms. The maximum atomic E-state index is 12.1. The molecule has 0 aliphatic carbocycles. The zero-order valence-corrected chi connectivity index (χ0v) is 8.07. The quantitative estimate of drug-likeness (QED) is 0.718. The van der Waals surface area contributed by atoms with Crippen molar-refractivity contribution in [1.82, 2.24) is 4.98 Å². The van der Waals surface area contributed by atoms with Crippen LogP contribution >= 0.6 is 11.8 Å². The van der Waals surface area contributed by atoms with Gasteiger partial charge in [0.05, 0.1) is 5.69 Å². The molecule has 0 radical (unpaired) electrons. The van der Waals surface area contributed by atoms with Gasteiger partial charge in [0.2, 0.25) is 0 Å². The Bertz CT molecular complexity index is 235. The summed E-state index contributed by atoms with van der Waals surface area (Å²) in [7, 11) is 0. The Hall–Kier alpha value is -0.570. The summed E-state index contributed by atoms with van der Waals surface area (Å²) in [6, 6.07) is 3.67. The lowest BCUT2D eigenvalue weighted by Crippen LogP contribution is -1.91. The van der Waals surface area contributed by atoms with E-state index in [-0.39, 0.29) is 0 Å². The van der Waals surface area contributed by atoms with Crippen molar-refractivity contribution < 1.29 is 4.39 Å². The first-order valence-corrected chi connectivity index (χ1v) is 5.10. The molecule has 0 amide bonds. The molecule has 0 aliphatic heterocycles. The standard InChI is InChI=1S/C9H12FNS/c1-7(12-2)8-3-4-9(5-10)11-6-8/h3-4,6-7H,5H2,1-2H3. The minimum atomic E-state index is -0.478. The number of hydrogen-bond donors (Lipinski definition) is 0. The maximum absolute atomic E-state index is 12.1. The molecule has 12 heavy (non-hydrogen) atoms. The predicted octanol–water partition coefficient (Wildman–Crippen LogP) is 2.98. The molecule has 0 bridgehead atoms. The van der Waals surface area contributed by atoms with E-state index in [0.717, 1.165) is 5.56 Å². The number of alkyl halides is 1. The van der Waals surface area contributed by atoms with Crippen LogP contribution in [0.3, 0.4) is 0 Å². The van der Waals surface area contributed by atoms with Gasteiger partial charge >= 0.3 is 0 Å². The van der Waals surface area contributed by atoms with Crippen LogP contribution in [0.25, 0.3) is 0 Å². The van der Waals surface area contributed by atoms with Crippen LogP contribution in [0, 0.1) is 0 Å². The van der Waals surface area contributed by atoms with Crippen molar-refractivity contribution in [2.45, 2.75) is 18.8 Å². The molecule has 1 unspecified atom stereocenters. The summed E-state index contributed by atoms with van der Waals surface area (Å²) in [5.74, 6) is 0. The van der Waals surface area contributed by atoms with Crippen LogP contribution in [0.4, 0.5) is 4.39 Å². The van der Waals surface area contributed by atoms with Crippen LogP contribution in [0.1, 0.15) is 23.4 Å². The fraction of sp³-hybridized carbons (Fsp3) is 0.444. The molecule has 0 spiro atoms. The Morgan fingerprint density at radius 2 is 2.33 bits per heavy atom. The number of nitrogens with zero attached hydrogens (tertiary/aromatic N) is 1. The van der Waals surface area contributed by atoms with Gasteiger partial charge in [-0.15, -0.1) is 0 Å². The summed E-state index contributed by atoms with van der Waals surface area (Å²) >= 11 is 1.76. The third kappa shape index (κ3) is 2.21. The van der Waals surface area contributed by atoms with Crippen molar-refractivity contribution in [3.05, 3.63) is 29.6 Å². The summed E-state index contributed by atoms with van der Waals surface area (Å²) in [6.45, 7) is 1.63. The SMILES string of the molecule is CSC(C)c1ccc(CF)nc1. The van der Waals surface area contributed by atoms with Crippen LogP contribution < -0.4 is 0 Å². The van der Waals surface area contributed by atoms with Crippen LogP contribution in [0.2, 0.25) is 0 Å². The molecule has 0 saturated heterocycles. The van der Waals surface area contributed by atoms with Gasteiger partial charge in [0.25, 0.3) is 0 Å². The molecule has 0 saturated carbocycles. The lowest BCUT2D eigenvalue weighted by atomic mass is 10.2. The van der Waals surface area contributed by atoms with E-state index in [1.54, 1.807) is 24.0 Å². The molecule has 0 aromatic carbocycles. The molecule has 0 fully saturated rings. The predicted molar refractivity (Wildman–Crippen MR) is 51.0 cm³/mol. The lowest BCUT2D eigenvalue weighted by Gasteiger charge is -2.07. The van der Waals surface area contributed by atoms with Gasteiger partial charge in [-0.1, -0.05) is 6.07 Å². The van der Waals surface area contributed by atoms with Gasteiger partial charge in [0.15, 0.2) is 0 Å². The van der Waals surface area contributed by atoms with Crippen molar-refractivity contribution in [2.24, 2.45) is 0 Å². The molecule has 0 N–H and O–H groups in total. The average molecular weight is 185 g/mol. The van der Waals surface area contributed by atoms with Crippen LogP contribution in [-0.2, 0) is 6.67 Å². The normalized spacial score (nSPS) is 12.9. The minimum absolute atomic E-state index is 0.436. The second-order valence-corrected chi connectivity index (χ2v) is 3.77. The van der Waals surface area contributed by atoms with Gasteiger partial charge in [-0.05, 0) is 24.8 Å². The number of rotatable bonds is 3. The third-order valence-corrected chi connectivity index (χ3v) is 2.79. The second kappa shape index (κ2) is 4.45. The number of aromatic nitrogens is 1. The molecular formula is C9H12FNS. The topological polar surface area (TPSA) is 12.9 Å². The van der Waals surface area contributed by atoms with E-state index in [1.165, 1.54) is 0 Å². The number of halogens is 1. The maximum Gasteiger partial charge on any atom is 0.131 e. The van der Waals surface area contributed by atoms with E-state index in [0.29, 0.717) is 10.9 Å². The highest BCUT2D eigenvalue weighted by molar-refractivity contribution is 7.98. The smallest absolute Gasteiger partial charge is 0.131 e. The van der Waals surface area contributed by atoms with Crippen molar-refractivity contribution in [3.8, 4) is 0 Å². The Labute approximate surface area is 76.4 Å². The Morgan fingerprint density at radius 3 is 2.75 bits per heavy atom. The second-order valence-electron chi connectivity index (χ2n) is 2.59. The number of hydrogen-bond acceptors (Lipinski definition) is 2. The first-order chi connectivity index (χ1) is 5.77. The highest BCUT2D eigenvalue weighted by Crippen LogP contribution is 2.24. The fourth-order valence-corrected chi connectivity index (χ4v) is 1.30. The molecule has 1 nitrogen and oxygen atoms in total. The molecule has 1 aromatic heterocycles. The van der Waals surface area contributed by atoms with Crippen molar-refractivity contribution in [2.75, 3.05) is 6.26 Å². The molecule has 0 aliphatic rings. The molecule has 1 atom stereocenters. The van der Waals surface area contributed by atoms with E-state index in [1.807, 2.05) is 12.3 Å². The highest BCUT2D eigenvalue weighted by atomic mass is 32.2. The Kier molecular flexibility index (Phi) is 3.53. The van der Waals surface area contributed by atoms with Crippen molar-refractivity contribution >= 4 is 11.8 Å². The van der Waals surface area contributed by atoms with Crippen LogP contribution in [0.15, 0.2) is 18.3 Å². The summed E-state index contributed by atoms with van der Waals surface area (Å²) in [5, 5.41) is 0.436. The first kappa shape index (κ1) is 9.52. The Morgan fingerprint density at radius 1 is 1.58 bits per heavy atom. The fourth-order valence-electron chi connectivity index (χ4n) is 0.892. The largest absolute Gasteiger partial charge is 0.258 e. The summed E-state index contributed by atoms with van der Waals surface area (Å²) in [4.78, 5) is 3.98. The minimum Gasteiger partial charge on any atom is -0.258 e. The zero-order valence-electron chi connectivity index (χ0n) is 7.25. The highest BCUT2D eigenvalue weighted by Gasteiger charge is 2.02. The van der Waals surface area contributed by atoms with Crippen LogP contribution in [-0.4, -0.2) is 11.2 Å².